The molecule has 0 saturated carbocycles. The lowest BCUT2D eigenvalue weighted by Gasteiger charge is -2.16. The van der Waals surface area contributed by atoms with Crippen molar-refractivity contribution in [2.75, 3.05) is 12.3 Å². The summed E-state index contributed by atoms with van der Waals surface area (Å²) in [6.45, 7) is 3.34. The van der Waals surface area contributed by atoms with E-state index in [-0.39, 0.29) is 29.8 Å². The fourth-order valence-electron chi connectivity index (χ4n) is 1.93. The van der Waals surface area contributed by atoms with Gasteiger partial charge in [-0.3, -0.25) is 9.59 Å². The van der Waals surface area contributed by atoms with Gasteiger partial charge >= 0.3 is 0 Å². The van der Waals surface area contributed by atoms with Crippen molar-refractivity contribution < 1.29 is 18.0 Å². The minimum absolute atomic E-state index is 0.148. The number of allylic oxidation sites excluding steroid dienone is 2. The monoisotopic (exact) mass is 260 g/mol. The maximum Gasteiger partial charge on any atom is 0.227 e. The Balaban J connectivity index is 2.74. The molecule has 1 saturated heterocycles. The molecule has 0 aromatic heterocycles. The van der Waals surface area contributed by atoms with Crippen molar-refractivity contribution in [3.05, 3.63) is 11.8 Å². The number of likely N-dealkylation sites (tertiary alicyclic amines) is 1. The van der Waals surface area contributed by atoms with Gasteiger partial charge in [-0.2, -0.15) is 0 Å². The number of amides is 1. The van der Waals surface area contributed by atoms with Gasteiger partial charge in [0.05, 0.1) is 5.75 Å². The van der Waals surface area contributed by atoms with Crippen LogP contribution in [0.15, 0.2) is 11.8 Å². The third kappa shape index (κ3) is 4.27. The van der Waals surface area contributed by atoms with Crippen molar-refractivity contribution in [1.82, 2.24) is 4.90 Å². The van der Waals surface area contributed by atoms with E-state index in [1.807, 2.05) is 0 Å². The second-order valence-electron chi connectivity index (χ2n) is 4.30. The first-order chi connectivity index (χ1) is 7.69. The highest BCUT2D eigenvalue weighted by Crippen LogP contribution is 2.22. The number of carbonyl (C=O) groups is 2. The van der Waals surface area contributed by atoms with Crippen molar-refractivity contribution in [1.29, 1.82) is 0 Å². The van der Waals surface area contributed by atoms with Gasteiger partial charge in [0, 0.05) is 30.7 Å². The topological polar surface area (TPSA) is 97.5 Å². The summed E-state index contributed by atoms with van der Waals surface area (Å²) in [5, 5.41) is 4.94. The van der Waals surface area contributed by atoms with E-state index in [0.29, 0.717) is 12.2 Å². The summed E-state index contributed by atoms with van der Waals surface area (Å²) in [5.41, 5.74) is 0.541. The second-order valence-corrected chi connectivity index (χ2v) is 5.96. The SMILES string of the molecule is CC(=O)C=C(C)N1CC(CS(N)(=O)=O)CC1=O. The third-order valence-corrected chi connectivity index (χ3v) is 3.45. The summed E-state index contributed by atoms with van der Waals surface area (Å²) < 4.78 is 21.9. The first kappa shape index (κ1) is 13.9. The van der Waals surface area contributed by atoms with Crippen molar-refractivity contribution in [2.24, 2.45) is 11.1 Å². The number of sulfonamides is 1. The van der Waals surface area contributed by atoms with Crippen LogP contribution in [0.2, 0.25) is 0 Å². The summed E-state index contributed by atoms with van der Waals surface area (Å²) in [4.78, 5) is 24.0. The summed E-state index contributed by atoms with van der Waals surface area (Å²) >= 11 is 0. The molecule has 1 heterocycles. The normalized spacial score (nSPS) is 22.1. The quantitative estimate of drug-likeness (QED) is 0.696. The van der Waals surface area contributed by atoms with E-state index in [4.69, 9.17) is 5.14 Å². The highest BCUT2D eigenvalue weighted by molar-refractivity contribution is 7.89. The maximum atomic E-state index is 11.6. The van der Waals surface area contributed by atoms with Crippen LogP contribution in [-0.4, -0.2) is 37.3 Å². The highest BCUT2D eigenvalue weighted by Gasteiger charge is 2.32. The molecular formula is C10H16N2O4S. The van der Waals surface area contributed by atoms with Crippen LogP contribution in [0.25, 0.3) is 0 Å². The maximum absolute atomic E-state index is 11.6. The number of carbonyl (C=O) groups excluding carboxylic acids is 2. The molecule has 7 heteroatoms. The Labute approximate surface area is 101 Å². The third-order valence-electron chi connectivity index (χ3n) is 2.51. The van der Waals surface area contributed by atoms with Crippen molar-refractivity contribution in [3.63, 3.8) is 0 Å². The van der Waals surface area contributed by atoms with Crippen LogP contribution in [0.1, 0.15) is 20.3 Å². The highest BCUT2D eigenvalue weighted by atomic mass is 32.2. The predicted molar refractivity (Wildman–Crippen MR) is 62.2 cm³/mol. The largest absolute Gasteiger partial charge is 0.316 e. The number of hydrogen-bond acceptors (Lipinski definition) is 4. The standard InChI is InChI=1S/C10H16N2O4S/c1-7(3-8(2)13)12-5-9(4-10(12)14)6-17(11,15)16/h3,9H,4-6H2,1-2H3,(H2,11,15,16). The first-order valence-corrected chi connectivity index (χ1v) is 6.90. The smallest absolute Gasteiger partial charge is 0.227 e. The van der Waals surface area contributed by atoms with Crippen LogP contribution in [-0.2, 0) is 19.6 Å². The molecule has 0 aliphatic carbocycles. The van der Waals surface area contributed by atoms with E-state index >= 15 is 0 Å². The Morgan fingerprint density at radius 1 is 1.53 bits per heavy atom. The van der Waals surface area contributed by atoms with E-state index in [1.54, 1.807) is 6.92 Å². The molecule has 6 nitrogen and oxygen atoms in total. The average molecular weight is 260 g/mol. The van der Waals surface area contributed by atoms with E-state index in [1.165, 1.54) is 17.9 Å². The molecule has 0 bridgehead atoms. The molecule has 1 rings (SSSR count). The summed E-state index contributed by atoms with van der Waals surface area (Å²) in [5.74, 6) is -0.825. The van der Waals surface area contributed by atoms with Crippen LogP contribution in [0.3, 0.4) is 0 Å². The van der Waals surface area contributed by atoms with Gasteiger partial charge in [-0.1, -0.05) is 0 Å². The van der Waals surface area contributed by atoms with Crippen molar-refractivity contribution in [3.8, 4) is 0 Å². The summed E-state index contributed by atoms with van der Waals surface area (Å²) in [7, 11) is -3.57. The lowest BCUT2D eigenvalue weighted by Crippen LogP contribution is -2.26. The molecule has 1 aliphatic rings. The van der Waals surface area contributed by atoms with E-state index < -0.39 is 10.0 Å². The number of primary sulfonamides is 1. The first-order valence-electron chi connectivity index (χ1n) is 5.19. The number of nitrogens with two attached hydrogens (primary N) is 1. The molecule has 0 aromatic carbocycles. The zero-order chi connectivity index (χ0) is 13.2. The molecule has 1 unspecified atom stereocenters. The molecule has 1 amide bonds. The molecule has 2 N–H and O–H groups in total. The van der Waals surface area contributed by atoms with Gasteiger partial charge in [-0.05, 0) is 13.8 Å². The summed E-state index contributed by atoms with van der Waals surface area (Å²) in [6.07, 6.45) is 1.51. The van der Waals surface area contributed by atoms with Crippen molar-refractivity contribution >= 4 is 21.7 Å². The van der Waals surface area contributed by atoms with Crippen molar-refractivity contribution in [2.45, 2.75) is 20.3 Å². The molecule has 0 aromatic rings. The predicted octanol–water partition coefficient (Wildman–Crippen LogP) is -0.384. The Morgan fingerprint density at radius 3 is 2.59 bits per heavy atom. The lowest BCUT2D eigenvalue weighted by atomic mass is 10.1. The molecular weight excluding hydrogens is 244 g/mol. The van der Waals surface area contributed by atoms with Gasteiger partial charge < -0.3 is 4.90 Å². The zero-order valence-electron chi connectivity index (χ0n) is 9.84. The molecule has 17 heavy (non-hydrogen) atoms. The van der Waals surface area contributed by atoms with Crippen LogP contribution in [0.4, 0.5) is 0 Å². The summed E-state index contributed by atoms with van der Waals surface area (Å²) in [6, 6.07) is 0. The van der Waals surface area contributed by atoms with E-state index in [0.717, 1.165) is 0 Å². The molecule has 1 aliphatic heterocycles. The van der Waals surface area contributed by atoms with Gasteiger partial charge in [0.25, 0.3) is 0 Å². The molecule has 96 valence electrons. The number of hydrogen-bond donors (Lipinski definition) is 1. The fourth-order valence-corrected chi connectivity index (χ4v) is 2.81. The second kappa shape index (κ2) is 4.97. The van der Waals surface area contributed by atoms with Crippen LogP contribution >= 0.6 is 0 Å². The van der Waals surface area contributed by atoms with E-state index in [2.05, 4.69) is 0 Å². The lowest BCUT2D eigenvalue weighted by molar-refractivity contribution is -0.126. The molecule has 1 atom stereocenters. The minimum Gasteiger partial charge on any atom is -0.316 e. The minimum atomic E-state index is -3.57. The Bertz CT molecular complexity index is 467. The van der Waals surface area contributed by atoms with Gasteiger partial charge in [-0.15, -0.1) is 0 Å². The van der Waals surface area contributed by atoms with Crippen LogP contribution in [0.5, 0.6) is 0 Å². The fraction of sp³-hybridized carbons (Fsp3) is 0.600. The van der Waals surface area contributed by atoms with Gasteiger partial charge in [0.15, 0.2) is 5.78 Å². The zero-order valence-corrected chi connectivity index (χ0v) is 10.7. The Kier molecular flexibility index (Phi) is 4.05. The van der Waals surface area contributed by atoms with Crippen LogP contribution in [0, 0.1) is 5.92 Å². The Morgan fingerprint density at radius 2 is 2.12 bits per heavy atom. The number of nitrogens with zero attached hydrogens (tertiary/aromatic N) is 1. The number of ketones is 1. The van der Waals surface area contributed by atoms with Crippen LogP contribution < -0.4 is 5.14 Å². The molecule has 1 fully saturated rings. The Hall–Kier alpha value is -1.21. The van der Waals surface area contributed by atoms with Gasteiger partial charge in [0.2, 0.25) is 15.9 Å². The molecule has 0 spiro atoms. The van der Waals surface area contributed by atoms with Gasteiger partial charge in [-0.25, -0.2) is 13.6 Å². The van der Waals surface area contributed by atoms with Gasteiger partial charge in [0.1, 0.15) is 0 Å². The van der Waals surface area contributed by atoms with E-state index in [9.17, 15) is 18.0 Å². The average Bonchev–Trinajstić information content (AvgIpc) is 2.41. The number of rotatable bonds is 4. The molecule has 0 radical (unpaired) electrons.